The lowest BCUT2D eigenvalue weighted by atomic mass is 10.1. The topological polar surface area (TPSA) is 67.9 Å². The van der Waals surface area contributed by atoms with E-state index < -0.39 is 0 Å². The molecule has 6 heteroatoms. The zero-order valence-corrected chi connectivity index (χ0v) is 16.8. The van der Waals surface area contributed by atoms with E-state index in [4.69, 9.17) is 9.47 Å². The molecule has 1 saturated heterocycles. The predicted octanol–water partition coefficient (Wildman–Crippen LogP) is 3.55. The van der Waals surface area contributed by atoms with Crippen LogP contribution in [0.4, 0.5) is 4.79 Å². The first-order chi connectivity index (χ1) is 14.2. The summed E-state index contributed by atoms with van der Waals surface area (Å²) < 4.78 is 11.0. The molecule has 1 aliphatic heterocycles. The molecule has 29 heavy (non-hydrogen) atoms. The molecule has 154 valence electrons. The Morgan fingerprint density at radius 2 is 1.72 bits per heavy atom. The van der Waals surface area contributed by atoms with Gasteiger partial charge < -0.3 is 19.7 Å². The Balaban J connectivity index is 1.36. The van der Waals surface area contributed by atoms with Gasteiger partial charge in [0.25, 0.3) is 5.91 Å². The summed E-state index contributed by atoms with van der Waals surface area (Å²) in [5.74, 6) is 0.613. The maximum Gasteiger partial charge on any atom is 0.410 e. The van der Waals surface area contributed by atoms with E-state index in [0.29, 0.717) is 25.9 Å². The summed E-state index contributed by atoms with van der Waals surface area (Å²) in [6.07, 6.45) is 1.96. The molecule has 0 radical (unpaired) electrons. The van der Waals surface area contributed by atoms with Crippen LogP contribution < -0.4 is 10.1 Å². The summed E-state index contributed by atoms with van der Waals surface area (Å²) in [6, 6.07) is 17.4. The fraction of sp³-hybridized carbons (Fsp3) is 0.391. The number of benzene rings is 2. The lowest BCUT2D eigenvalue weighted by Gasteiger charge is -2.31. The lowest BCUT2D eigenvalue weighted by molar-refractivity contribution is -0.124. The van der Waals surface area contributed by atoms with Gasteiger partial charge in [0.2, 0.25) is 0 Å². The van der Waals surface area contributed by atoms with Crippen LogP contribution in [0.5, 0.6) is 5.75 Å². The van der Waals surface area contributed by atoms with Crippen LogP contribution in [0.2, 0.25) is 0 Å². The van der Waals surface area contributed by atoms with Gasteiger partial charge in [-0.3, -0.25) is 4.79 Å². The van der Waals surface area contributed by atoms with Gasteiger partial charge in [-0.15, -0.1) is 0 Å². The molecule has 0 unspecified atom stereocenters. The maximum atomic E-state index is 12.2. The van der Waals surface area contributed by atoms with Crippen LogP contribution in [0.15, 0.2) is 54.6 Å². The number of nitrogens with one attached hydrogen (secondary N) is 1. The molecule has 2 amide bonds. The molecule has 0 aliphatic carbocycles. The van der Waals surface area contributed by atoms with E-state index in [9.17, 15) is 9.59 Å². The molecule has 6 nitrogen and oxygen atoms in total. The molecule has 0 aromatic heterocycles. The fourth-order valence-corrected chi connectivity index (χ4v) is 3.37. The highest BCUT2D eigenvalue weighted by molar-refractivity contribution is 5.78. The number of carbonyl (C=O) groups excluding carboxylic acids is 2. The number of nitrogens with zero attached hydrogens (tertiary/aromatic N) is 1. The third-order valence-electron chi connectivity index (χ3n) is 5.04. The largest absolute Gasteiger partial charge is 0.483 e. The third kappa shape index (κ3) is 6.24. The van der Waals surface area contributed by atoms with E-state index in [2.05, 4.69) is 12.2 Å². The molecule has 3 rings (SSSR count). The number of hydrogen-bond donors (Lipinski definition) is 1. The summed E-state index contributed by atoms with van der Waals surface area (Å²) in [7, 11) is 0. The monoisotopic (exact) mass is 396 g/mol. The third-order valence-corrected chi connectivity index (χ3v) is 5.04. The van der Waals surface area contributed by atoms with E-state index in [1.807, 2.05) is 54.6 Å². The van der Waals surface area contributed by atoms with Gasteiger partial charge in [0.15, 0.2) is 6.61 Å². The average Bonchev–Trinajstić information content (AvgIpc) is 2.77. The second kappa shape index (κ2) is 10.5. The van der Waals surface area contributed by atoms with Crippen molar-refractivity contribution in [3.63, 3.8) is 0 Å². The van der Waals surface area contributed by atoms with Gasteiger partial charge in [0.1, 0.15) is 12.4 Å². The molecule has 1 aliphatic rings. The van der Waals surface area contributed by atoms with Gasteiger partial charge >= 0.3 is 6.09 Å². The SMILES string of the molecule is CCc1ccccc1OCC(=O)NC1CCN(C(=O)OCc2ccccc2)CC1. The average molecular weight is 396 g/mol. The second-order valence-corrected chi connectivity index (χ2v) is 7.12. The molecule has 2 aromatic rings. The number of aryl methyl sites for hydroxylation is 1. The molecule has 2 aromatic carbocycles. The number of likely N-dealkylation sites (tertiary alicyclic amines) is 1. The molecular formula is C23H28N2O4. The Hall–Kier alpha value is -3.02. The highest BCUT2D eigenvalue weighted by atomic mass is 16.6. The van der Waals surface area contributed by atoms with Gasteiger partial charge in [-0.25, -0.2) is 4.79 Å². The van der Waals surface area contributed by atoms with Crippen molar-refractivity contribution < 1.29 is 19.1 Å². The molecule has 1 N–H and O–H groups in total. The number of para-hydroxylation sites is 1. The van der Waals surface area contributed by atoms with E-state index in [0.717, 1.165) is 23.3 Å². The number of carbonyl (C=O) groups is 2. The first kappa shape index (κ1) is 20.7. The maximum absolute atomic E-state index is 12.2. The van der Waals surface area contributed by atoms with E-state index in [-0.39, 0.29) is 31.3 Å². The van der Waals surface area contributed by atoms with Gasteiger partial charge in [-0.1, -0.05) is 55.5 Å². The van der Waals surface area contributed by atoms with Crippen LogP contribution in [0, 0.1) is 0 Å². The first-order valence-corrected chi connectivity index (χ1v) is 10.1. The van der Waals surface area contributed by atoms with Crippen LogP contribution in [-0.4, -0.2) is 42.6 Å². The number of hydrogen-bond acceptors (Lipinski definition) is 4. The van der Waals surface area contributed by atoms with Crippen LogP contribution in [0.3, 0.4) is 0 Å². The highest BCUT2D eigenvalue weighted by Gasteiger charge is 2.24. The van der Waals surface area contributed by atoms with E-state index in [1.165, 1.54) is 0 Å². The highest BCUT2D eigenvalue weighted by Crippen LogP contribution is 2.18. The minimum absolute atomic E-state index is 0.00363. The Kier molecular flexibility index (Phi) is 7.50. The Labute approximate surface area is 171 Å². The molecule has 0 atom stereocenters. The lowest BCUT2D eigenvalue weighted by Crippen LogP contribution is -2.47. The zero-order chi connectivity index (χ0) is 20.5. The van der Waals surface area contributed by atoms with Gasteiger partial charge in [0, 0.05) is 19.1 Å². The van der Waals surface area contributed by atoms with Crippen LogP contribution in [0.25, 0.3) is 0 Å². The summed E-state index contributed by atoms with van der Waals surface area (Å²) in [6.45, 7) is 3.46. The fourth-order valence-electron chi connectivity index (χ4n) is 3.37. The smallest absolute Gasteiger partial charge is 0.410 e. The van der Waals surface area contributed by atoms with Crippen molar-refractivity contribution in [2.75, 3.05) is 19.7 Å². The first-order valence-electron chi connectivity index (χ1n) is 10.1. The summed E-state index contributed by atoms with van der Waals surface area (Å²) in [4.78, 5) is 26.1. The van der Waals surface area contributed by atoms with Crippen molar-refractivity contribution in [3.05, 3.63) is 65.7 Å². The number of piperidine rings is 1. The van der Waals surface area contributed by atoms with Crippen LogP contribution in [-0.2, 0) is 22.6 Å². The minimum atomic E-state index is -0.307. The van der Waals surface area contributed by atoms with Crippen molar-refractivity contribution in [1.29, 1.82) is 0 Å². The molecule has 0 bridgehead atoms. The summed E-state index contributed by atoms with van der Waals surface area (Å²) in [5.41, 5.74) is 2.05. The van der Waals surface area contributed by atoms with Crippen molar-refractivity contribution in [2.24, 2.45) is 0 Å². The van der Waals surface area contributed by atoms with Crippen LogP contribution >= 0.6 is 0 Å². The molecule has 1 fully saturated rings. The standard InChI is InChI=1S/C23H28N2O4/c1-2-19-10-6-7-11-21(19)28-17-22(26)24-20-12-14-25(15-13-20)23(27)29-16-18-8-4-3-5-9-18/h3-11,20H,2,12-17H2,1H3,(H,24,26). The molecule has 0 spiro atoms. The molecular weight excluding hydrogens is 368 g/mol. The Morgan fingerprint density at radius 3 is 2.45 bits per heavy atom. The van der Waals surface area contributed by atoms with Crippen molar-refractivity contribution in [1.82, 2.24) is 10.2 Å². The number of amides is 2. The minimum Gasteiger partial charge on any atom is -0.483 e. The zero-order valence-electron chi connectivity index (χ0n) is 16.8. The predicted molar refractivity (Wildman–Crippen MR) is 111 cm³/mol. The number of ether oxygens (including phenoxy) is 2. The van der Waals surface area contributed by atoms with Crippen LogP contribution in [0.1, 0.15) is 30.9 Å². The number of rotatable bonds is 7. The quantitative estimate of drug-likeness (QED) is 0.777. The van der Waals surface area contributed by atoms with Gasteiger partial charge in [-0.2, -0.15) is 0 Å². The molecule has 0 saturated carbocycles. The Bertz CT molecular complexity index is 802. The Morgan fingerprint density at radius 1 is 1.03 bits per heavy atom. The normalized spacial score (nSPS) is 14.3. The van der Waals surface area contributed by atoms with Crippen molar-refractivity contribution in [3.8, 4) is 5.75 Å². The van der Waals surface area contributed by atoms with Gasteiger partial charge in [0.05, 0.1) is 0 Å². The van der Waals surface area contributed by atoms with E-state index >= 15 is 0 Å². The summed E-state index contributed by atoms with van der Waals surface area (Å²) >= 11 is 0. The molecule has 1 heterocycles. The van der Waals surface area contributed by atoms with E-state index in [1.54, 1.807) is 4.90 Å². The van der Waals surface area contributed by atoms with Gasteiger partial charge in [-0.05, 0) is 36.5 Å². The second-order valence-electron chi connectivity index (χ2n) is 7.12. The van der Waals surface area contributed by atoms with Crippen molar-refractivity contribution in [2.45, 2.75) is 38.8 Å². The van der Waals surface area contributed by atoms with Crippen molar-refractivity contribution >= 4 is 12.0 Å². The summed E-state index contributed by atoms with van der Waals surface area (Å²) in [5, 5.41) is 3.00.